The molecule has 2 fully saturated rings. The molecule has 1 aromatic rings. The van der Waals surface area contributed by atoms with Gasteiger partial charge in [-0.15, -0.1) is 0 Å². The first-order valence-corrected chi connectivity index (χ1v) is 8.01. The highest BCUT2D eigenvalue weighted by Crippen LogP contribution is 2.32. The van der Waals surface area contributed by atoms with Crippen molar-refractivity contribution in [2.24, 2.45) is 11.8 Å². The summed E-state index contributed by atoms with van der Waals surface area (Å²) in [5.74, 6) is 1.57. The first kappa shape index (κ1) is 14.8. The van der Waals surface area contributed by atoms with E-state index in [0.29, 0.717) is 17.5 Å². The van der Waals surface area contributed by atoms with Gasteiger partial charge in [-0.2, -0.15) is 0 Å². The standard InChI is InChI=1S/C16H22ClN3O/c1-11-15-9-18-8-12(15)10-20(11)6-5-16(21)19-14-4-2-3-13(17)7-14/h2-4,7,11-12,15,18H,5-6,8-10H2,1H3,(H,19,21). The van der Waals surface area contributed by atoms with Gasteiger partial charge in [0.2, 0.25) is 5.91 Å². The van der Waals surface area contributed by atoms with E-state index in [2.05, 4.69) is 22.5 Å². The predicted octanol–water partition coefficient (Wildman–Crippen LogP) is 2.21. The van der Waals surface area contributed by atoms with E-state index in [4.69, 9.17) is 11.6 Å². The second-order valence-electron chi connectivity index (χ2n) is 6.13. The van der Waals surface area contributed by atoms with E-state index < -0.39 is 0 Å². The number of anilines is 1. The molecule has 0 spiro atoms. The minimum Gasteiger partial charge on any atom is -0.326 e. The number of fused-ring (bicyclic) bond motifs is 1. The molecule has 21 heavy (non-hydrogen) atoms. The number of amides is 1. The van der Waals surface area contributed by atoms with Crippen LogP contribution in [0.4, 0.5) is 5.69 Å². The van der Waals surface area contributed by atoms with E-state index >= 15 is 0 Å². The Morgan fingerprint density at radius 1 is 1.48 bits per heavy atom. The zero-order valence-electron chi connectivity index (χ0n) is 12.3. The average molecular weight is 308 g/mol. The van der Waals surface area contributed by atoms with Crippen molar-refractivity contribution >= 4 is 23.2 Å². The SMILES string of the molecule is CC1C2CNCC2CN1CCC(=O)Nc1cccc(Cl)c1. The van der Waals surface area contributed by atoms with Crippen LogP contribution >= 0.6 is 11.6 Å². The lowest BCUT2D eigenvalue weighted by Crippen LogP contribution is -2.35. The molecule has 3 rings (SSSR count). The highest BCUT2D eigenvalue weighted by atomic mass is 35.5. The van der Waals surface area contributed by atoms with Crippen molar-refractivity contribution in [3.05, 3.63) is 29.3 Å². The van der Waals surface area contributed by atoms with Gasteiger partial charge in [-0.3, -0.25) is 9.69 Å². The highest BCUT2D eigenvalue weighted by molar-refractivity contribution is 6.30. The topological polar surface area (TPSA) is 44.4 Å². The Morgan fingerprint density at radius 2 is 2.33 bits per heavy atom. The van der Waals surface area contributed by atoms with Crippen LogP contribution in [0.3, 0.4) is 0 Å². The van der Waals surface area contributed by atoms with Crippen molar-refractivity contribution < 1.29 is 4.79 Å². The van der Waals surface area contributed by atoms with E-state index in [1.807, 2.05) is 12.1 Å². The predicted molar refractivity (Wildman–Crippen MR) is 85.6 cm³/mol. The zero-order chi connectivity index (χ0) is 14.8. The fourth-order valence-electron chi connectivity index (χ4n) is 3.59. The van der Waals surface area contributed by atoms with Crippen LogP contribution in [-0.4, -0.2) is 43.0 Å². The minimum absolute atomic E-state index is 0.0552. The molecule has 5 heteroatoms. The van der Waals surface area contributed by atoms with Crippen LogP contribution in [0.25, 0.3) is 0 Å². The van der Waals surface area contributed by atoms with Gasteiger partial charge in [-0.25, -0.2) is 0 Å². The Bertz CT molecular complexity index is 522. The number of hydrogen-bond acceptors (Lipinski definition) is 3. The Kier molecular flexibility index (Phi) is 4.48. The van der Waals surface area contributed by atoms with Crippen molar-refractivity contribution in [3.63, 3.8) is 0 Å². The molecule has 2 aliphatic heterocycles. The van der Waals surface area contributed by atoms with Crippen molar-refractivity contribution in [1.29, 1.82) is 0 Å². The summed E-state index contributed by atoms with van der Waals surface area (Å²) in [4.78, 5) is 14.5. The molecule has 2 saturated heterocycles. The van der Waals surface area contributed by atoms with Crippen LogP contribution < -0.4 is 10.6 Å². The Morgan fingerprint density at radius 3 is 3.10 bits per heavy atom. The van der Waals surface area contributed by atoms with Crippen molar-refractivity contribution in [3.8, 4) is 0 Å². The molecule has 0 bridgehead atoms. The molecule has 3 atom stereocenters. The summed E-state index contributed by atoms with van der Waals surface area (Å²) in [5.41, 5.74) is 0.767. The van der Waals surface area contributed by atoms with Gasteiger partial charge >= 0.3 is 0 Å². The maximum absolute atomic E-state index is 12.0. The Hall–Kier alpha value is -1.10. The molecule has 0 aliphatic carbocycles. The minimum atomic E-state index is 0.0552. The Labute approximate surface area is 130 Å². The largest absolute Gasteiger partial charge is 0.326 e. The average Bonchev–Trinajstić information content (AvgIpc) is 3.00. The van der Waals surface area contributed by atoms with Crippen molar-refractivity contribution in [1.82, 2.24) is 10.2 Å². The molecule has 1 aromatic carbocycles. The van der Waals surface area contributed by atoms with Crippen LogP contribution in [0.15, 0.2) is 24.3 Å². The lowest BCUT2D eigenvalue weighted by atomic mass is 9.95. The van der Waals surface area contributed by atoms with Gasteiger partial charge in [0.1, 0.15) is 0 Å². The second-order valence-corrected chi connectivity index (χ2v) is 6.56. The third kappa shape index (κ3) is 3.39. The highest BCUT2D eigenvalue weighted by Gasteiger charge is 2.41. The molecular weight excluding hydrogens is 286 g/mol. The molecule has 0 saturated carbocycles. The van der Waals surface area contributed by atoms with Crippen molar-refractivity contribution in [2.45, 2.75) is 19.4 Å². The molecule has 2 heterocycles. The number of carbonyl (C=O) groups excluding carboxylic acids is 1. The number of nitrogens with one attached hydrogen (secondary N) is 2. The van der Waals surface area contributed by atoms with Gasteiger partial charge in [-0.05, 0) is 50.0 Å². The van der Waals surface area contributed by atoms with Crippen LogP contribution in [-0.2, 0) is 4.79 Å². The third-order valence-electron chi connectivity index (χ3n) is 4.79. The molecule has 114 valence electrons. The van der Waals surface area contributed by atoms with Crippen LogP contribution in [0.2, 0.25) is 5.02 Å². The molecule has 3 unspecified atom stereocenters. The first-order valence-electron chi connectivity index (χ1n) is 7.63. The fraction of sp³-hybridized carbons (Fsp3) is 0.562. The maximum Gasteiger partial charge on any atom is 0.225 e. The summed E-state index contributed by atoms with van der Waals surface area (Å²) >= 11 is 5.92. The van der Waals surface area contributed by atoms with Gasteiger partial charge in [0.15, 0.2) is 0 Å². The lowest BCUT2D eigenvalue weighted by Gasteiger charge is -2.23. The third-order valence-corrected chi connectivity index (χ3v) is 5.03. The summed E-state index contributed by atoms with van der Waals surface area (Å²) in [6, 6.07) is 7.85. The number of carbonyl (C=O) groups is 1. The van der Waals surface area contributed by atoms with E-state index in [1.165, 1.54) is 0 Å². The molecular formula is C16H22ClN3O. The number of rotatable bonds is 4. The second kappa shape index (κ2) is 6.34. The number of likely N-dealkylation sites (tertiary alicyclic amines) is 1. The lowest BCUT2D eigenvalue weighted by molar-refractivity contribution is -0.116. The summed E-state index contributed by atoms with van der Waals surface area (Å²) in [5, 5.41) is 7.01. The van der Waals surface area contributed by atoms with E-state index in [-0.39, 0.29) is 5.91 Å². The molecule has 4 nitrogen and oxygen atoms in total. The van der Waals surface area contributed by atoms with E-state index in [0.717, 1.165) is 43.7 Å². The van der Waals surface area contributed by atoms with Gasteiger partial charge in [-0.1, -0.05) is 17.7 Å². The van der Waals surface area contributed by atoms with Gasteiger partial charge in [0.25, 0.3) is 0 Å². The van der Waals surface area contributed by atoms with E-state index in [1.54, 1.807) is 12.1 Å². The summed E-state index contributed by atoms with van der Waals surface area (Å²) < 4.78 is 0. The summed E-state index contributed by atoms with van der Waals surface area (Å²) in [6.07, 6.45) is 0.531. The van der Waals surface area contributed by atoms with Gasteiger partial charge in [0.05, 0.1) is 0 Å². The first-order chi connectivity index (χ1) is 10.1. The molecule has 2 N–H and O–H groups in total. The van der Waals surface area contributed by atoms with Crippen molar-refractivity contribution in [2.75, 3.05) is 31.5 Å². The quantitative estimate of drug-likeness (QED) is 0.896. The van der Waals surface area contributed by atoms with Crippen LogP contribution in [0.5, 0.6) is 0 Å². The zero-order valence-corrected chi connectivity index (χ0v) is 13.1. The fourth-order valence-corrected chi connectivity index (χ4v) is 3.78. The molecule has 2 aliphatic rings. The number of benzene rings is 1. The van der Waals surface area contributed by atoms with Crippen LogP contribution in [0.1, 0.15) is 13.3 Å². The monoisotopic (exact) mass is 307 g/mol. The number of hydrogen-bond donors (Lipinski definition) is 2. The molecule has 0 aromatic heterocycles. The van der Waals surface area contributed by atoms with E-state index in [9.17, 15) is 4.79 Å². The smallest absolute Gasteiger partial charge is 0.225 e. The number of nitrogens with zero attached hydrogens (tertiary/aromatic N) is 1. The molecule has 0 radical (unpaired) electrons. The Balaban J connectivity index is 1.48. The maximum atomic E-state index is 12.0. The normalized spacial score (nSPS) is 28.6. The summed E-state index contributed by atoms with van der Waals surface area (Å²) in [7, 11) is 0. The molecule has 1 amide bonds. The van der Waals surface area contributed by atoms with Gasteiger partial charge < -0.3 is 10.6 Å². The summed E-state index contributed by atoms with van der Waals surface area (Å²) in [6.45, 7) is 6.48. The van der Waals surface area contributed by atoms with Gasteiger partial charge in [0, 0.05) is 36.3 Å². The number of halogens is 1. The van der Waals surface area contributed by atoms with Crippen LogP contribution in [0, 0.1) is 11.8 Å².